The summed E-state index contributed by atoms with van der Waals surface area (Å²) >= 11 is 0. The molecule has 0 bridgehead atoms. The zero-order valence-electron chi connectivity index (χ0n) is 17.0. The third-order valence-electron chi connectivity index (χ3n) is 4.47. The maximum atomic E-state index is 12.4. The lowest BCUT2D eigenvalue weighted by atomic mass is 10.1. The molecule has 3 rings (SSSR count). The predicted molar refractivity (Wildman–Crippen MR) is 119 cm³/mol. The molecule has 0 atom stereocenters. The van der Waals surface area contributed by atoms with Crippen LogP contribution in [0.2, 0.25) is 0 Å². The van der Waals surface area contributed by atoms with Crippen molar-refractivity contribution in [3.8, 4) is 11.5 Å². The summed E-state index contributed by atoms with van der Waals surface area (Å²) < 4.78 is 10.7. The van der Waals surface area contributed by atoms with Gasteiger partial charge in [-0.1, -0.05) is 36.4 Å². The first-order valence-electron chi connectivity index (χ1n) is 9.50. The van der Waals surface area contributed by atoms with Crippen LogP contribution in [-0.2, 0) is 11.2 Å². The van der Waals surface area contributed by atoms with Crippen LogP contribution in [0, 0.1) is 0 Å². The average Bonchev–Trinajstić information content (AvgIpc) is 2.77. The van der Waals surface area contributed by atoms with E-state index in [9.17, 15) is 9.59 Å². The Balaban J connectivity index is 1.78. The highest BCUT2D eigenvalue weighted by molar-refractivity contribution is 5.99. The van der Waals surface area contributed by atoms with Gasteiger partial charge in [0.05, 0.1) is 13.3 Å². The van der Waals surface area contributed by atoms with Crippen molar-refractivity contribution in [2.24, 2.45) is 5.10 Å². The Hall–Kier alpha value is -4.13. The third-order valence-corrected chi connectivity index (χ3v) is 4.47. The van der Waals surface area contributed by atoms with Crippen LogP contribution in [-0.4, -0.2) is 36.9 Å². The van der Waals surface area contributed by atoms with Gasteiger partial charge in [-0.05, 0) is 47.0 Å². The van der Waals surface area contributed by atoms with Gasteiger partial charge in [-0.3, -0.25) is 4.79 Å². The highest BCUT2D eigenvalue weighted by Crippen LogP contribution is 2.33. The number of carbonyl (C=O) groups excluding carboxylic acids is 1. The molecule has 0 saturated heterocycles. The van der Waals surface area contributed by atoms with E-state index in [0.717, 1.165) is 10.8 Å². The molecule has 0 fully saturated rings. The largest absolute Gasteiger partial charge is 0.493 e. The van der Waals surface area contributed by atoms with Gasteiger partial charge in [0.1, 0.15) is 0 Å². The van der Waals surface area contributed by atoms with Gasteiger partial charge in [0.15, 0.2) is 18.1 Å². The summed E-state index contributed by atoms with van der Waals surface area (Å²) in [5, 5.41) is 14.9. The van der Waals surface area contributed by atoms with E-state index in [1.54, 1.807) is 30.3 Å². The van der Waals surface area contributed by atoms with Crippen molar-refractivity contribution in [3.05, 3.63) is 83.9 Å². The van der Waals surface area contributed by atoms with E-state index in [-0.39, 0.29) is 5.91 Å². The lowest BCUT2D eigenvalue weighted by molar-refractivity contribution is -0.139. The van der Waals surface area contributed by atoms with E-state index < -0.39 is 12.6 Å². The number of hydrazone groups is 1. The SMILES string of the molecule is C=CCc1cc(/C=N/NC(=O)c2ccc3ccccc3c2)cc(OC)c1OCC(=O)O. The van der Waals surface area contributed by atoms with Crippen LogP contribution in [0.15, 0.2) is 72.4 Å². The van der Waals surface area contributed by atoms with Crippen molar-refractivity contribution in [2.75, 3.05) is 13.7 Å². The summed E-state index contributed by atoms with van der Waals surface area (Å²) in [6.45, 7) is 3.22. The molecule has 0 aliphatic carbocycles. The molecular weight excluding hydrogens is 396 g/mol. The number of carboxylic acid groups (broad SMARTS) is 1. The number of aliphatic carboxylic acids is 1. The summed E-state index contributed by atoms with van der Waals surface area (Å²) in [7, 11) is 1.46. The number of allylic oxidation sites excluding steroid dienone is 1. The fourth-order valence-corrected chi connectivity index (χ4v) is 3.08. The van der Waals surface area contributed by atoms with Crippen molar-refractivity contribution in [3.63, 3.8) is 0 Å². The molecule has 0 aromatic heterocycles. The van der Waals surface area contributed by atoms with E-state index in [0.29, 0.717) is 34.6 Å². The van der Waals surface area contributed by atoms with Gasteiger partial charge < -0.3 is 14.6 Å². The number of hydrogen-bond acceptors (Lipinski definition) is 5. The first-order valence-corrected chi connectivity index (χ1v) is 9.50. The minimum atomic E-state index is -1.09. The molecule has 2 N–H and O–H groups in total. The quantitative estimate of drug-likeness (QED) is 0.313. The molecule has 0 spiro atoms. The smallest absolute Gasteiger partial charge is 0.341 e. The number of carbonyl (C=O) groups is 2. The van der Waals surface area contributed by atoms with E-state index in [2.05, 4.69) is 17.1 Å². The molecule has 1 amide bonds. The van der Waals surface area contributed by atoms with E-state index in [4.69, 9.17) is 14.6 Å². The molecule has 0 saturated carbocycles. The second-order valence-corrected chi connectivity index (χ2v) is 6.65. The van der Waals surface area contributed by atoms with Gasteiger partial charge in [-0.25, -0.2) is 10.2 Å². The van der Waals surface area contributed by atoms with Crippen molar-refractivity contribution >= 4 is 28.9 Å². The Kier molecular flexibility index (Phi) is 7.01. The van der Waals surface area contributed by atoms with Crippen molar-refractivity contribution < 1.29 is 24.2 Å². The molecule has 0 heterocycles. The Morgan fingerprint density at radius 2 is 1.90 bits per heavy atom. The molecule has 0 radical (unpaired) electrons. The standard InChI is InChI=1S/C24H22N2O5/c1-3-6-19-11-16(12-21(30-2)23(19)31-15-22(27)28)14-25-26-24(29)20-10-9-17-7-4-5-8-18(17)13-20/h3-5,7-14H,1,6,15H2,2H3,(H,26,29)(H,27,28)/b25-14+. The third kappa shape index (κ3) is 5.48. The number of amides is 1. The van der Waals surface area contributed by atoms with Crippen LogP contribution in [0.5, 0.6) is 11.5 Å². The zero-order chi connectivity index (χ0) is 22.2. The van der Waals surface area contributed by atoms with Gasteiger partial charge in [-0.2, -0.15) is 5.10 Å². The fourth-order valence-electron chi connectivity index (χ4n) is 3.08. The molecule has 7 heteroatoms. The summed E-state index contributed by atoms with van der Waals surface area (Å²) in [5.74, 6) is -0.722. The van der Waals surface area contributed by atoms with Gasteiger partial charge in [0.25, 0.3) is 5.91 Å². The first-order chi connectivity index (χ1) is 15.0. The molecular formula is C24H22N2O5. The van der Waals surface area contributed by atoms with Gasteiger partial charge in [0.2, 0.25) is 0 Å². The van der Waals surface area contributed by atoms with Crippen molar-refractivity contribution in [2.45, 2.75) is 6.42 Å². The maximum Gasteiger partial charge on any atom is 0.341 e. The topological polar surface area (TPSA) is 97.2 Å². The Morgan fingerprint density at radius 3 is 2.61 bits per heavy atom. The van der Waals surface area contributed by atoms with Crippen LogP contribution >= 0.6 is 0 Å². The number of carboxylic acids is 1. The molecule has 31 heavy (non-hydrogen) atoms. The number of nitrogens with zero attached hydrogens (tertiary/aromatic N) is 1. The van der Waals surface area contributed by atoms with Gasteiger partial charge in [-0.15, -0.1) is 6.58 Å². The Bertz CT molecular complexity index is 1150. The van der Waals surface area contributed by atoms with Crippen LogP contribution in [0.25, 0.3) is 10.8 Å². The highest BCUT2D eigenvalue weighted by Gasteiger charge is 2.14. The normalized spacial score (nSPS) is 10.7. The monoisotopic (exact) mass is 418 g/mol. The zero-order valence-corrected chi connectivity index (χ0v) is 17.0. The number of ether oxygens (including phenoxy) is 2. The van der Waals surface area contributed by atoms with E-state index in [1.165, 1.54) is 13.3 Å². The van der Waals surface area contributed by atoms with Gasteiger partial charge in [0, 0.05) is 11.1 Å². The first kappa shape index (κ1) is 21.6. The number of benzene rings is 3. The number of methoxy groups -OCH3 is 1. The fraction of sp³-hybridized carbons (Fsp3) is 0.125. The number of nitrogens with one attached hydrogen (secondary N) is 1. The molecule has 3 aromatic rings. The molecule has 0 unspecified atom stereocenters. The van der Waals surface area contributed by atoms with Crippen LogP contribution in [0.1, 0.15) is 21.5 Å². The maximum absolute atomic E-state index is 12.4. The van der Waals surface area contributed by atoms with Crippen LogP contribution < -0.4 is 14.9 Å². The van der Waals surface area contributed by atoms with Crippen LogP contribution in [0.3, 0.4) is 0 Å². The molecule has 3 aromatic carbocycles. The average molecular weight is 418 g/mol. The summed E-state index contributed by atoms with van der Waals surface area (Å²) in [6.07, 6.45) is 3.59. The number of hydrogen-bond donors (Lipinski definition) is 2. The Labute approximate surface area is 179 Å². The van der Waals surface area contributed by atoms with Crippen molar-refractivity contribution in [1.29, 1.82) is 0 Å². The number of fused-ring (bicyclic) bond motifs is 1. The molecule has 0 aliphatic heterocycles. The lowest BCUT2D eigenvalue weighted by Gasteiger charge is -2.14. The summed E-state index contributed by atoms with van der Waals surface area (Å²) in [5.41, 5.74) is 4.36. The minimum absolute atomic E-state index is 0.332. The molecule has 0 aliphatic rings. The highest BCUT2D eigenvalue weighted by atomic mass is 16.5. The van der Waals surface area contributed by atoms with Gasteiger partial charge >= 0.3 is 5.97 Å². The van der Waals surface area contributed by atoms with Crippen molar-refractivity contribution in [1.82, 2.24) is 5.43 Å². The summed E-state index contributed by atoms with van der Waals surface area (Å²) in [6, 6.07) is 16.6. The molecule has 158 valence electrons. The van der Waals surface area contributed by atoms with Crippen LogP contribution in [0.4, 0.5) is 0 Å². The van der Waals surface area contributed by atoms with E-state index >= 15 is 0 Å². The minimum Gasteiger partial charge on any atom is -0.493 e. The summed E-state index contributed by atoms with van der Waals surface area (Å²) in [4.78, 5) is 23.3. The number of rotatable bonds is 9. The second kappa shape index (κ2) is 10.1. The second-order valence-electron chi connectivity index (χ2n) is 6.65. The predicted octanol–water partition coefficient (Wildman–Crippen LogP) is 3.80. The molecule has 7 nitrogen and oxygen atoms in total. The van der Waals surface area contributed by atoms with E-state index in [1.807, 2.05) is 30.3 Å². The Morgan fingerprint density at radius 1 is 1.13 bits per heavy atom. The lowest BCUT2D eigenvalue weighted by Crippen LogP contribution is -2.17.